The number of benzene rings is 1. The lowest BCUT2D eigenvalue weighted by molar-refractivity contribution is -0.498. The summed E-state index contributed by atoms with van der Waals surface area (Å²) in [5.74, 6) is 0.104. The highest BCUT2D eigenvalue weighted by molar-refractivity contribution is 7.71. The number of nitrogen functional groups attached to an aromatic ring is 1. The molecule has 2 aromatic rings. The zero-order valence-electron chi connectivity index (χ0n) is 10.4. The van der Waals surface area contributed by atoms with Crippen LogP contribution in [-0.2, 0) is 13.6 Å². The van der Waals surface area contributed by atoms with E-state index >= 15 is 0 Å². The summed E-state index contributed by atoms with van der Waals surface area (Å²) in [6.45, 7) is 0.417. The van der Waals surface area contributed by atoms with E-state index in [-0.39, 0.29) is 16.3 Å². The number of nitrogens with zero attached hydrogens (tertiary/aromatic N) is 2. The van der Waals surface area contributed by atoms with Crippen LogP contribution in [0.1, 0.15) is 5.56 Å². The number of rotatable bonds is 3. The lowest BCUT2D eigenvalue weighted by Crippen LogP contribution is -2.73. The standard InChI is InChI=1S/C12H14N4O2S/c1-15-11(17)9(14-18)10(13)16(12(15)19)7-8-5-3-2-4-6-8/h2-6H,7,13-14H2,1H3. The van der Waals surface area contributed by atoms with Crippen molar-refractivity contribution in [1.82, 2.24) is 9.13 Å². The quantitative estimate of drug-likeness (QED) is 0.621. The fourth-order valence-electron chi connectivity index (χ4n) is 1.84. The summed E-state index contributed by atoms with van der Waals surface area (Å²) in [6.07, 6.45) is 0. The molecule has 4 N–H and O–H groups in total. The van der Waals surface area contributed by atoms with Gasteiger partial charge < -0.3 is 16.4 Å². The van der Waals surface area contributed by atoms with Crippen LogP contribution in [0.5, 0.6) is 0 Å². The lowest BCUT2D eigenvalue weighted by atomic mass is 10.2. The van der Waals surface area contributed by atoms with Gasteiger partial charge in [0.15, 0.2) is 10.6 Å². The van der Waals surface area contributed by atoms with Crippen molar-refractivity contribution in [3.8, 4) is 0 Å². The topological polar surface area (TPSA) is 92.6 Å². The van der Waals surface area contributed by atoms with Crippen molar-refractivity contribution in [2.45, 2.75) is 6.54 Å². The van der Waals surface area contributed by atoms with E-state index in [0.29, 0.717) is 12.0 Å². The molecule has 0 aliphatic rings. The van der Waals surface area contributed by atoms with E-state index < -0.39 is 5.56 Å². The molecule has 0 unspecified atom stereocenters. The van der Waals surface area contributed by atoms with Gasteiger partial charge in [-0.25, -0.2) is 0 Å². The van der Waals surface area contributed by atoms with Gasteiger partial charge in [0.2, 0.25) is 5.69 Å². The van der Waals surface area contributed by atoms with Crippen LogP contribution in [0.3, 0.4) is 0 Å². The van der Waals surface area contributed by atoms with Crippen molar-refractivity contribution >= 4 is 23.7 Å². The van der Waals surface area contributed by atoms with Gasteiger partial charge in [-0.3, -0.25) is 13.9 Å². The highest BCUT2D eigenvalue weighted by Gasteiger charge is 2.14. The largest absolute Gasteiger partial charge is 0.630 e. The third-order valence-electron chi connectivity index (χ3n) is 2.92. The number of quaternary nitrogens is 1. The van der Waals surface area contributed by atoms with Gasteiger partial charge in [0, 0.05) is 7.05 Å². The zero-order valence-corrected chi connectivity index (χ0v) is 11.2. The molecule has 0 radical (unpaired) electrons. The van der Waals surface area contributed by atoms with Crippen LogP contribution < -0.4 is 16.8 Å². The Kier molecular flexibility index (Phi) is 3.79. The molecule has 0 saturated carbocycles. The Balaban J connectivity index is 2.61. The van der Waals surface area contributed by atoms with Crippen LogP contribution in [0, 0.1) is 9.98 Å². The van der Waals surface area contributed by atoms with E-state index in [9.17, 15) is 10.0 Å². The van der Waals surface area contributed by atoms with Crippen LogP contribution >= 0.6 is 12.2 Å². The number of aromatic nitrogens is 2. The molecule has 7 heteroatoms. The smallest absolute Gasteiger partial charge is 0.317 e. The van der Waals surface area contributed by atoms with Crippen molar-refractivity contribution in [3.05, 3.63) is 56.2 Å². The van der Waals surface area contributed by atoms with Crippen LogP contribution in [0.15, 0.2) is 35.1 Å². The maximum absolute atomic E-state index is 11.8. The summed E-state index contributed by atoms with van der Waals surface area (Å²) < 4.78 is 3.12. The van der Waals surface area contributed by atoms with Gasteiger partial charge in [-0.1, -0.05) is 30.3 Å². The first-order valence-electron chi connectivity index (χ1n) is 5.64. The predicted molar refractivity (Wildman–Crippen MR) is 75.4 cm³/mol. The summed E-state index contributed by atoms with van der Waals surface area (Å²) in [6, 6.07) is 9.55. The van der Waals surface area contributed by atoms with Gasteiger partial charge in [-0.2, -0.15) is 0 Å². The van der Waals surface area contributed by atoms with E-state index in [0.717, 1.165) is 5.56 Å². The minimum Gasteiger partial charge on any atom is -0.630 e. The minimum absolute atomic E-state index is 0.0629. The summed E-state index contributed by atoms with van der Waals surface area (Å²) in [5.41, 5.74) is 6.78. The molecular formula is C12H14N4O2S. The minimum atomic E-state index is -0.471. The van der Waals surface area contributed by atoms with E-state index in [1.54, 1.807) is 4.57 Å². The Morgan fingerprint density at radius 3 is 2.58 bits per heavy atom. The van der Waals surface area contributed by atoms with Crippen molar-refractivity contribution in [2.75, 3.05) is 5.73 Å². The normalized spacial score (nSPS) is 10.6. The molecule has 0 fully saturated rings. The molecule has 0 atom stereocenters. The Morgan fingerprint density at radius 2 is 2.00 bits per heavy atom. The van der Waals surface area contributed by atoms with Crippen LogP contribution in [0.2, 0.25) is 0 Å². The van der Waals surface area contributed by atoms with Crippen molar-refractivity contribution in [2.24, 2.45) is 7.05 Å². The third kappa shape index (κ3) is 2.43. The predicted octanol–water partition coefficient (Wildman–Crippen LogP) is 0.239. The molecule has 0 bridgehead atoms. The number of hydrogen-bond donors (Lipinski definition) is 2. The molecule has 1 aromatic heterocycles. The first-order chi connectivity index (χ1) is 9.06. The molecule has 0 amide bonds. The molecule has 1 aromatic carbocycles. The molecule has 0 aliphatic carbocycles. The summed E-state index contributed by atoms with van der Waals surface area (Å²) in [7, 11) is 1.53. The second-order valence-electron chi connectivity index (χ2n) is 4.14. The van der Waals surface area contributed by atoms with Gasteiger partial charge in [0.25, 0.3) is 0 Å². The van der Waals surface area contributed by atoms with Crippen molar-refractivity contribution in [1.29, 1.82) is 0 Å². The van der Waals surface area contributed by atoms with E-state index in [2.05, 4.69) is 0 Å². The molecule has 1 heterocycles. The number of nitrogens with two attached hydrogens (primary N) is 2. The molecule has 2 rings (SSSR count). The average molecular weight is 278 g/mol. The molecule has 0 spiro atoms. The summed E-state index contributed by atoms with van der Waals surface area (Å²) in [5, 5.41) is 11.0. The SMILES string of the molecule is Cn1c(=O)c([NH2+][O-])c(N)n(Cc2ccccc2)c1=S. The fraction of sp³-hybridized carbons (Fsp3) is 0.167. The Bertz CT molecular complexity index is 706. The Hall–Kier alpha value is -1.96. The second kappa shape index (κ2) is 5.35. The summed E-state index contributed by atoms with van der Waals surface area (Å²) >= 11 is 5.20. The fourth-order valence-corrected chi connectivity index (χ4v) is 2.08. The molecule has 6 nitrogen and oxygen atoms in total. The van der Waals surface area contributed by atoms with Gasteiger partial charge in [-0.15, -0.1) is 0 Å². The molecule has 0 saturated heterocycles. The van der Waals surface area contributed by atoms with E-state index in [4.69, 9.17) is 18.0 Å². The Labute approximate surface area is 114 Å². The van der Waals surface area contributed by atoms with E-state index in [1.165, 1.54) is 11.6 Å². The maximum atomic E-state index is 11.8. The number of anilines is 1. The van der Waals surface area contributed by atoms with Gasteiger partial charge in [0.1, 0.15) is 0 Å². The van der Waals surface area contributed by atoms with Crippen molar-refractivity contribution < 1.29 is 5.48 Å². The van der Waals surface area contributed by atoms with Crippen LogP contribution in [0.4, 0.5) is 11.5 Å². The highest BCUT2D eigenvalue weighted by atomic mass is 32.1. The average Bonchev–Trinajstić information content (AvgIpc) is 2.43. The monoisotopic (exact) mass is 278 g/mol. The highest BCUT2D eigenvalue weighted by Crippen LogP contribution is 2.12. The molecule has 19 heavy (non-hydrogen) atoms. The van der Waals surface area contributed by atoms with Gasteiger partial charge in [0.05, 0.1) is 6.54 Å². The molecular weight excluding hydrogens is 264 g/mol. The first-order valence-corrected chi connectivity index (χ1v) is 6.05. The lowest BCUT2D eigenvalue weighted by Gasteiger charge is -2.15. The Morgan fingerprint density at radius 1 is 1.37 bits per heavy atom. The molecule has 100 valence electrons. The van der Waals surface area contributed by atoms with Gasteiger partial charge >= 0.3 is 5.56 Å². The molecule has 0 aliphatic heterocycles. The van der Waals surface area contributed by atoms with Gasteiger partial charge in [-0.05, 0) is 17.8 Å². The maximum Gasteiger partial charge on any atom is 0.317 e. The van der Waals surface area contributed by atoms with E-state index in [1.807, 2.05) is 30.3 Å². The first kappa shape index (κ1) is 13.5. The van der Waals surface area contributed by atoms with Crippen LogP contribution in [-0.4, -0.2) is 9.13 Å². The zero-order chi connectivity index (χ0) is 14.0. The third-order valence-corrected chi connectivity index (χ3v) is 3.42. The van der Waals surface area contributed by atoms with Crippen LogP contribution in [0.25, 0.3) is 0 Å². The van der Waals surface area contributed by atoms with Crippen molar-refractivity contribution in [3.63, 3.8) is 0 Å². The second-order valence-corrected chi connectivity index (χ2v) is 4.50. The summed E-state index contributed by atoms with van der Waals surface area (Å²) in [4.78, 5) is 11.8. The number of hydrogen-bond acceptors (Lipinski definition) is 4.